The van der Waals surface area contributed by atoms with Crippen LogP contribution in [0.3, 0.4) is 0 Å². The molecule has 1 aliphatic carbocycles. The van der Waals surface area contributed by atoms with Crippen LogP contribution >= 0.6 is 11.3 Å². The lowest BCUT2D eigenvalue weighted by molar-refractivity contribution is -0.137. The zero-order valence-corrected chi connectivity index (χ0v) is 19.4. The van der Waals surface area contributed by atoms with Crippen molar-refractivity contribution in [1.29, 1.82) is 0 Å². The molecule has 0 spiro atoms. The number of pyridine rings is 1. The van der Waals surface area contributed by atoms with E-state index in [9.17, 15) is 4.79 Å². The third-order valence-corrected chi connectivity index (χ3v) is 7.03. The van der Waals surface area contributed by atoms with Crippen molar-refractivity contribution < 1.29 is 14.6 Å². The number of nitrogens with zero attached hydrogens (tertiary/aromatic N) is 2. The van der Waals surface area contributed by atoms with E-state index in [2.05, 4.69) is 34.3 Å². The van der Waals surface area contributed by atoms with Crippen molar-refractivity contribution in [2.45, 2.75) is 52.0 Å². The van der Waals surface area contributed by atoms with Crippen molar-refractivity contribution in [2.75, 3.05) is 13.2 Å². The molecule has 1 aliphatic rings. The molecule has 0 unspecified atom stereocenters. The molecule has 6 nitrogen and oxygen atoms in total. The summed E-state index contributed by atoms with van der Waals surface area (Å²) in [7, 11) is 0. The van der Waals surface area contributed by atoms with Crippen molar-refractivity contribution in [1.82, 2.24) is 15.3 Å². The SMILES string of the molecule is Cc1nc(-c2ccc(CNCCCOc3ccc4c(c3)CC[C@H]4CC(=O)O)nc2)sc1C. The number of aromatic nitrogens is 2. The van der Waals surface area contributed by atoms with Crippen LogP contribution in [0.25, 0.3) is 10.6 Å². The number of rotatable bonds is 10. The highest BCUT2D eigenvalue weighted by Crippen LogP contribution is 2.37. The lowest BCUT2D eigenvalue weighted by atomic mass is 9.98. The van der Waals surface area contributed by atoms with Gasteiger partial charge in [-0.25, -0.2) is 4.98 Å². The normalized spacial score (nSPS) is 15.0. The third kappa shape index (κ3) is 5.53. The fourth-order valence-electron chi connectivity index (χ4n) is 4.05. The Hall–Kier alpha value is -2.77. The van der Waals surface area contributed by atoms with E-state index in [0.29, 0.717) is 6.61 Å². The van der Waals surface area contributed by atoms with Crippen molar-refractivity contribution >= 4 is 17.3 Å². The maximum Gasteiger partial charge on any atom is 0.303 e. The summed E-state index contributed by atoms with van der Waals surface area (Å²) in [6, 6.07) is 10.2. The van der Waals surface area contributed by atoms with Crippen LogP contribution in [0.4, 0.5) is 0 Å². The highest BCUT2D eigenvalue weighted by atomic mass is 32.1. The first-order chi connectivity index (χ1) is 15.5. The number of carbonyl (C=O) groups is 1. The molecule has 32 heavy (non-hydrogen) atoms. The Kier molecular flexibility index (Phi) is 7.17. The summed E-state index contributed by atoms with van der Waals surface area (Å²) in [6.07, 6.45) is 4.84. The summed E-state index contributed by atoms with van der Waals surface area (Å²) in [6.45, 7) is 6.33. The van der Waals surface area contributed by atoms with E-state index in [0.717, 1.165) is 60.1 Å². The summed E-state index contributed by atoms with van der Waals surface area (Å²) in [5.74, 6) is 0.273. The molecule has 7 heteroatoms. The molecule has 0 amide bonds. The molecule has 4 rings (SSSR count). The topological polar surface area (TPSA) is 84.3 Å². The monoisotopic (exact) mass is 451 g/mol. The fraction of sp³-hybridized carbons (Fsp3) is 0.400. The van der Waals surface area contributed by atoms with Crippen molar-refractivity contribution in [3.8, 4) is 16.3 Å². The number of fused-ring (bicyclic) bond motifs is 1. The molecule has 0 radical (unpaired) electrons. The Balaban J connectivity index is 1.17. The molecule has 2 N–H and O–H groups in total. The van der Waals surface area contributed by atoms with Crippen LogP contribution in [0.15, 0.2) is 36.5 Å². The predicted octanol–water partition coefficient (Wildman–Crippen LogP) is 4.89. The largest absolute Gasteiger partial charge is 0.494 e. The molecule has 0 aliphatic heterocycles. The first kappa shape index (κ1) is 22.4. The van der Waals surface area contributed by atoms with Gasteiger partial charge in [-0.3, -0.25) is 9.78 Å². The number of aliphatic carboxylic acids is 1. The van der Waals surface area contributed by atoms with Gasteiger partial charge in [-0.15, -0.1) is 11.3 Å². The van der Waals surface area contributed by atoms with Gasteiger partial charge in [0.2, 0.25) is 0 Å². The molecule has 0 saturated heterocycles. The molecular formula is C25H29N3O3S. The van der Waals surface area contributed by atoms with Crippen LogP contribution in [-0.4, -0.2) is 34.2 Å². The Labute approximate surface area is 192 Å². The lowest BCUT2D eigenvalue weighted by Gasteiger charge is -2.11. The molecule has 1 atom stereocenters. The van der Waals surface area contributed by atoms with Crippen LogP contribution in [-0.2, 0) is 17.8 Å². The molecule has 0 bridgehead atoms. The average Bonchev–Trinajstić information content (AvgIpc) is 3.33. The van der Waals surface area contributed by atoms with Crippen molar-refractivity contribution in [3.63, 3.8) is 0 Å². The van der Waals surface area contributed by atoms with Gasteiger partial charge in [0.1, 0.15) is 10.8 Å². The second-order valence-electron chi connectivity index (χ2n) is 8.27. The Morgan fingerprint density at radius 3 is 2.88 bits per heavy atom. The first-order valence-corrected chi connectivity index (χ1v) is 11.9. The van der Waals surface area contributed by atoms with Gasteiger partial charge in [-0.05, 0) is 81.0 Å². The van der Waals surface area contributed by atoms with Gasteiger partial charge in [-0.2, -0.15) is 0 Å². The Bertz CT molecular complexity index is 1060. The standard InChI is InChI=1S/C25H29N3O3S/c1-16-17(2)32-25(28-16)20-6-7-21(27-14-20)15-26-10-3-11-31-22-8-9-23-18(12-22)4-5-19(23)13-24(29)30/h6-9,12,14,19,26H,3-5,10-11,13,15H2,1-2H3,(H,29,30)/t19-/m0/s1. The number of hydrogen-bond acceptors (Lipinski definition) is 6. The quantitative estimate of drug-likeness (QED) is 0.427. The summed E-state index contributed by atoms with van der Waals surface area (Å²) in [5, 5.41) is 13.5. The number of ether oxygens (including phenoxy) is 1. The van der Waals surface area contributed by atoms with Gasteiger partial charge in [0, 0.05) is 23.2 Å². The van der Waals surface area contributed by atoms with E-state index in [1.54, 1.807) is 11.3 Å². The van der Waals surface area contributed by atoms with E-state index < -0.39 is 5.97 Å². The smallest absolute Gasteiger partial charge is 0.303 e. The second-order valence-corrected chi connectivity index (χ2v) is 9.47. The second kappa shape index (κ2) is 10.2. The van der Waals surface area contributed by atoms with Crippen LogP contribution < -0.4 is 10.1 Å². The minimum absolute atomic E-state index is 0.137. The summed E-state index contributed by atoms with van der Waals surface area (Å²) < 4.78 is 5.90. The molecule has 3 aromatic rings. The molecular weight excluding hydrogens is 422 g/mol. The van der Waals surface area contributed by atoms with Gasteiger partial charge in [-0.1, -0.05) is 6.07 Å². The predicted molar refractivity (Wildman–Crippen MR) is 126 cm³/mol. The van der Waals surface area contributed by atoms with Gasteiger partial charge < -0.3 is 15.2 Å². The minimum Gasteiger partial charge on any atom is -0.494 e. The highest BCUT2D eigenvalue weighted by molar-refractivity contribution is 7.15. The van der Waals surface area contributed by atoms with E-state index in [4.69, 9.17) is 9.84 Å². The lowest BCUT2D eigenvalue weighted by Crippen LogP contribution is -2.17. The zero-order chi connectivity index (χ0) is 22.5. The number of carboxylic acid groups (broad SMARTS) is 1. The van der Waals surface area contributed by atoms with E-state index in [-0.39, 0.29) is 12.3 Å². The summed E-state index contributed by atoms with van der Waals surface area (Å²) in [5.41, 5.74) is 5.55. The van der Waals surface area contributed by atoms with Gasteiger partial charge >= 0.3 is 5.97 Å². The third-order valence-electron chi connectivity index (χ3n) is 5.91. The average molecular weight is 452 g/mol. The summed E-state index contributed by atoms with van der Waals surface area (Å²) in [4.78, 5) is 21.4. The van der Waals surface area contributed by atoms with Gasteiger partial charge in [0.05, 0.1) is 24.4 Å². The summed E-state index contributed by atoms with van der Waals surface area (Å²) >= 11 is 1.70. The number of carboxylic acids is 1. The van der Waals surface area contributed by atoms with Crippen LogP contribution in [0.5, 0.6) is 5.75 Å². The van der Waals surface area contributed by atoms with E-state index in [1.165, 1.54) is 16.0 Å². The number of nitrogens with one attached hydrogen (secondary N) is 1. The molecule has 0 saturated carbocycles. The maximum atomic E-state index is 11.0. The van der Waals surface area contributed by atoms with Gasteiger partial charge in [0.15, 0.2) is 0 Å². The number of thiazole rings is 1. The molecule has 2 aromatic heterocycles. The van der Waals surface area contributed by atoms with E-state index >= 15 is 0 Å². The Morgan fingerprint density at radius 2 is 2.16 bits per heavy atom. The van der Waals surface area contributed by atoms with Gasteiger partial charge in [0.25, 0.3) is 0 Å². The first-order valence-electron chi connectivity index (χ1n) is 11.1. The van der Waals surface area contributed by atoms with E-state index in [1.807, 2.05) is 31.3 Å². The molecule has 168 valence electrons. The maximum absolute atomic E-state index is 11.0. The van der Waals surface area contributed by atoms with Crippen molar-refractivity contribution in [2.24, 2.45) is 0 Å². The van der Waals surface area contributed by atoms with Crippen LogP contribution in [0.1, 0.15) is 52.6 Å². The highest BCUT2D eigenvalue weighted by Gasteiger charge is 2.24. The fourth-order valence-corrected chi connectivity index (χ4v) is 4.95. The molecule has 0 fully saturated rings. The number of hydrogen-bond donors (Lipinski definition) is 2. The molecule has 1 aromatic carbocycles. The number of benzene rings is 1. The minimum atomic E-state index is -0.730. The number of aryl methyl sites for hydroxylation is 3. The Morgan fingerprint density at radius 1 is 1.28 bits per heavy atom. The van der Waals surface area contributed by atoms with Crippen LogP contribution in [0, 0.1) is 13.8 Å². The molecule has 2 heterocycles. The zero-order valence-electron chi connectivity index (χ0n) is 18.6. The van der Waals surface area contributed by atoms with Crippen molar-refractivity contribution in [3.05, 3.63) is 63.9 Å². The van der Waals surface area contributed by atoms with Crippen LogP contribution in [0.2, 0.25) is 0 Å².